The van der Waals surface area contributed by atoms with Crippen molar-refractivity contribution in [3.8, 4) is 5.75 Å². The molecule has 3 aromatic rings. The molecule has 1 aromatic heterocycles. The number of aryl methyl sites for hydroxylation is 2. The molecule has 2 aromatic carbocycles. The number of benzene rings is 2. The van der Waals surface area contributed by atoms with Gasteiger partial charge in [-0.1, -0.05) is 23.5 Å². The number of hydrogen-bond donors (Lipinski definition) is 0. The average Bonchev–Trinajstić information content (AvgIpc) is 2.92. The quantitative estimate of drug-likeness (QED) is 0.659. The zero-order valence-electron chi connectivity index (χ0n) is 14.6. The maximum atomic E-state index is 12.6. The second-order valence-electron chi connectivity index (χ2n) is 5.86. The monoisotopic (exact) mass is 352 g/mol. The summed E-state index contributed by atoms with van der Waals surface area (Å²) in [6.45, 7) is 8.59. The Labute approximate surface area is 150 Å². The van der Waals surface area contributed by atoms with Crippen LogP contribution in [-0.2, 0) is 6.54 Å². The van der Waals surface area contributed by atoms with Gasteiger partial charge in [-0.3, -0.25) is 4.79 Å². The number of methoxy groups -OCH3 is 1. The average molecular weight is 352 g/mol. The summed E-state index contributed by atoms with van der Waals surface area (Å²) >= 11 is 1.53. The van der Waals surface area contributed by atoms with Gasteiger partial charge in [-0.2, -0.15) is 4.99 Å². The van der Waals surface area contributed by atoms with Crippen LogP contribution in [0.25, 0.3) is 10.2 Å². The Balaban J connectivity index is 2.14. The number of nitrogens with zero attached hydrogens (tertiary/aromatic N) is 2. The van der Waals surface area contributed by atoms with E-state index in [-0.39, 0.29) is 5.91 Å². The van der Waals surface area contributed by atoms with Crippen LogP contribution < -0.4 is 9.54 Å². The standard InChI is InChI=1S/C20H20N2O2S/c1-5-10-22-18-14(3)11-13(2)12-17(18)25-20(22)21-19(23)15-6-8-16(24-4)9-7-15/h5-9,11-12H,1,10H2,2-4H3. The Morgan fingerprint density at radius 1 is 1.28 bits per heavy atom. The second kappa shape index (κ2) is 7.07. The highest BCUT2D eigenvalue weighted by Crippen LogP contribution is 2.23. The highest BCUT2D eigenvalue weighted by Gasteiger charge is 2.11. The molecule has 0 unspecified atom stereocenters. The van der Waals surface area contributed by atoms with E-state index in [2.05, 4.69) is 37.6 Å². The number of carbonyl (C=O) groups is 1. The number of allylic oxidation sites excluding steroid dienone is 1. The number of thiazole rings is 1. The minimum Gasteiger partial charge on any atom is -0.497 e. The van der Waals surface area contributed by atoms with Crippen LogP contribution in [0.1, 0.15) is 21.5 Å². The van der Waals surface area contributed by atoms with Crippen molar-refractivity contribution < 1.29 is 9.53 Å². The van der Waals surface area contributed by atoms with E-state index < -0.39 is 0 Å². The first-order valence-corrected chi connectivity index (χ1v) is 8.79. The molecule has 4 nitrogen and oxygen atoms in total. The number of carbonyl (C=O) groups excluding carboxylic acids is 1. The van der Waals surface area contributed by atoms with Crippen molar-refractivity contribution in [3.63, 3.8) is 0 Å². The lowest BCUT2D eigenvalue weighted by molar-refractivity contribution is 0.0998. The number of aromatic nitrogens is 1. The predicted molar refractivity (Wildman–Crippen MR) is 102 cm³/mol. The van der Waals surface area contributed by atoms with Gasteiger partial charge in [0, 0.05) is 12.1 Å². The number of amides is 1. The minimum absolute atomic E-state index is 0.263. The summed E-state index contributed by atoms with van der Waals surface area (Å²) in [7, 11) is 1.60. The summed E-state index contributed by atoms with van der Waals surface area (Å²) in [5.41, 5.74) is 4.02. The van der Waals surface area contributed by atoms with Crippen LogP contribution in [0.3, 0.4) is 0 Å². The summed E-state index contributed by atoms with van der Waals surface area (Å²) in [6, 6.07) is 11.3. The maximum Gasteiger partial charge on any atom is 0.279 e. The Kier molecular flexibility index (Phi) is 4.86. The molecule has 0 saturated heterocycles. The molecule has 0 bridgehead atoms. The van der Waals surface area contributed by atoms with Crippen molar-refractivity contribution in [2.24, 2.45) is 4.99 Å². The van der Waals surface area contributed by atoms with Crippen LogP contribution >= 0.6 is 11.3 Å². The molecule has 1 heterocycles. The van der Waals surface area contributed by atoms with Gasteiger partial charge in [-0.25, -0.2) is 0 Å². The van der Waals surface area contributed by atoms with Gasteiger partial charge in [-0.05, 0) is 55.3 Å². The molecule has 0 aliphatic rings. The largest absolute Gasteiger partial charge is 0.497 e. The van der Waals surface area contributed by atoms with E-state index in [1.165, 1.54) is 22.5 Å². The highest BCUT2D eigenvalue weighted by atomic mass is 32.1. The van der Waals surface area contributed by atoms with Crippen molar-refractivity contribution in [2.75, 3.05) is 7.11 Å². The zero-order valence-corrected chi connectivity index (χ0v) is 15.4. The first kappa shape index (κ1) is 17.2. The van der Waals surface area contributed by atoms with Crippen LogP contribution in [-0.4, -0.2) is 17.6 Å². The smallest absolute Gasteiger partial charge is 0.279 e. The normalized spacial score (nSPS) is 11.7. The Bertz CT molecular complexity index is 1010. The Hall–Kier alpha value is -2.66. The van der Waals surface area contributed by atoms with Gasteiger partial charge < -0.3 is 9.30 Å². The molecule has 0 radical (unpaired) electrons. The molecule has 0 N–H and O–H groups in total. The zero-order chi connectivity index (χ0) is 18.0. The number of hydrogen-bond acceptors (Lipinski definition) is 3. The van der Waals surface area contributed by atoms with E-state index in [1.807, 2.05) is 10.6 Å². The summed E-state index contributed by atoms with van der Waals surface area (Å²) in [5, 5.41) is 0. The fourth-order valence-corrected chi connectivity index (χ4v) is 4.07. The molecule has 0 saturated carbocycles. The molecule has 0 aliphatic heterocycles. The van der Waals surface area contributed by atoms with E-state index in [9.17, 15) is 4.79 Å². The van der Waals surface area contributed by atoms with E-state index in [0.717, 1.165) is 10.2 Å². The van der Waals surface area contributed by atoms with Gasteiger partial charge in [0.1, 0.15) is 5.75 Å². The minimum atomic E-state index is -0.263. The van der Waals surface area contributed by atoms with Crippen LogP contribution in [0.2, 0.25) is 0 Å². The molecule has 0 spiro atoms. The topological polar surface area (TPSA) is 43.6 Å². The SMILES string of the molecule is C=CCn1c(=NC(=O)c2ccc(OC)cc2)sc2cc(C)cc(C)c21. The molecular weight excluding hydrogens is 332 g/mol. The lowest BCUT2D eigenvalue weighted by Crippen LogP contribution is -2.16. The molecule has 1 amide bonds. The summed E-state index contributed by atoms with van der Waals surface area (Å²) in [5.74, 6) is 0.452. The van der Waals surface area contributed by atoms with Crippen LogP contribution in [0, 0.1) is 13.8 Å². The van der Waals surface area contributed by atoms with E-state index in [1.54, 1.807) is 31.4 Å². The van der Waals surface area contributed by atoms with Crippen molar-refractivity contribution in [2.45, 2.75) is 20.4 Å². The molecule has 3 rings (SSSR count). The first-order valence-electron chi connectivity index (χ1n) is 7.98. The third-order valence-corrected chi connectivity index (χ3v) is 4.98. The van der Waals surface area contributed by atoms with Crippen molar-refractivity contribution in [1.29, 1.82) is 0 Å². The number of rotatable bonds is 4. The molecule has 0 fully saturated rings. The molecule has 0 atom stereocenters. The molecule has 0 aliphatic carbocycles. The van der Waals surface area contributed by atoms with Gasteiger partial charge in [0.25, 0.3) is 5.91 Å². The lowest BCUT2D eigenvalue weighted by Gasteiger charge is -2.05. The van der Waals surface area contributed by atoms with E-state index >= 15 is 0 Å². The van der Waals surface area contributed by atoms with Gasteiger partial charge in [0.15, 0.2) is 4.80 Å². The number of ether oxygens (including phenoxy) is 1. The Morgan fingerprint density at radius 3 is 2.64 bits per heavy atom. The number of fused-ring (bicyclic) bond motifs is 1. The summed E-state index contributed by atoms with van der Waals surface area (Å²) in [6.07, 6.45) is 1.82. The molecular formula is C20H20N2O2S. The second-order valence-corrected chi connectivity index (χ2v) is 6.87. The first-order chi connectivity index (χ1) is 12.0. The van der Waals surface area contributed by atoms with Crippen molar-refractivity contribution >= 4 is 27.5 Å². The van der Waals surface area contributed by atoms with Crippen LogP contribution in [0.4, 0.5) is 0 Å². The highest BCUT2D eigenvalue weighted by molar-refractivity contribution is 7.16. The fraction of sp³-hybridized carbons (Fsp3) is 0.200. The summed E-state index contributed by atoms with van der Waals surface area (Å²) < 4.78 is 8.30. The molecule has 25 heavy (non-hydrogen) atoms. The molecule has 5 heteroatoms. The third kappa shape index (κ3) is 3.42. The van der Waals surface area contributed by atoms with Gasteiger partial charge in [-0.15, -0.1) is 6.58 Å². The lowest BCUT2D eigenvalue weighted by atomic mass is 10.1. The summed E-state index contributed by atoms with van der Waals surface area (Å²) in [4.78, 5) is 17.6. The van der Waals surface area contributed by atoms with Gasteiger partial charge in [0.05, 0.1) is 17.3 Å². The van der Waals surface area contributed by atoms with Crippen LogP contribution in [0.5, 0.6) is 5.75 Å². The van der Waals surface area contributed by atoms with Crippen LogP contribution in [0.15, 0.2) is 54.0 Å². The third-order valence-electron chi connectivity index (χ3n) is 3.96. The fourth-order valence-electron chi connectivity index (χ4n) is 2.86. The van der Waals surface area contributed by atoms with Crippen molar-refractivity contribution in [3.05, 3.63) is 70.5 Å². The Morgan fingerprint density at radius 2 is 2.00 bits per heavy atom. The predicted octanol–water partition coefficient (Wildman–Crippen LogP) is 4.26. The van der Waals surface area contributed by atoms with E-state index in [4.69, 9.17) is 4.74 Å². The van der Waals surface area contributed by atoms with Gasteiger partial charge >= 0.3 is 0 Å². The maximum absolute atomic E-state index is 12.6. The van der Waals surface area contributed by atoms with E-state index in [0.29, 0.717) is 22.7 Å². The molecule has 128 valence electrons. The van der Waals surface area contributed by atoms with Gasteiger partial charge in [0.2, 0.25) is 0 Å². The van der Waals surface area contributed by atoms with Crippen molar-refractivity contribution in [1.82, 2.24) is 4.57 Å².